The van der Waals surface area contributed by atoms with Crippen LogP contribution in [0.15, 0.2) is 29.6 Å². The first-order chi connectivity index (χ1) is 8.19. The summed E-state index contributed by atoms with van der Waals surface area (Å²) in [6.07, 6.45) is 0. The molecular weight excluding hydrogens is 259 g/mol. The summed E-state index contributed by atoms with van der Waals surface area (Å²) in [5.74, 6) is 0.204. The number of benzene rings is 1. The van der Waals surface area contributed by atoms with Crippen LogP contribution in [0.1, 0.15) is 10.7 Å². The van der Waals surface area contributed by atoms with Gasteiger partial charge in [0.25, 0.3) is 0 Å². The van der Waals surface area contributed by atoms with Gasteiger partial charge >= 0.3 is 0 Å². The summed E-state index contributed by atoms with van der Waals surface area (Å²) in [6, 6.07) is 6.52. The smallest absolute Gasteiger partial charge is 0.125 e. The maximum Gasteiger partial charge on any atom is 0.125 e. The van der Waals surface area contributed by atoms with E-state index in [0.717, 1.165) is 16.4 Å². The third-order valence-electron chi connectivity index (χ3n) is 2.36. The fourth-order valence-corrected chi connectivity index (χ4v) is 2.57. The molecule has 2 aromatic rings. The lowest BCUT2D eigenvalue weighted by molar-refractivity contribution is 0.627. The number of hydrogen-bond donors (Lipinski definition) is 0. The molecule has 0 aliphatic carbocycles. The van der Waals surface area contributed by atoms with E-state index in [2.05, 4.69) is 4.98 Å². The number of thiazole rings is 1. The van der Waals surface area contributed by atoms with Crippen molar-refractivity contribution >= 4 is 28.6 Å². The van der Waals surface area contributed by atoms with Crippen molar-refractivity contribution in [1.29, 1.82) is 0 Å². The van der Waals surface area contributed by atoms with Gasteiger partial charge in [-0.05, 0) is 18.2 Å². The van der Waals surface area contributed by atoms with Crippen LogP contribution < -0.4 is 4.90 Å². The lowest BCUT2D eigenvalue weighted by Crippen LogP contribution is -2.16. The van der Waals surface area contributed by atoms with Crippen LogP contribution in [0.4, 0.5) is 10.1 Å². The van der Waals surface area contributed by atoms with E-state index in [4.69, 9.17) is 11.6 Å². The Morgan fingerprint density at radius 1 is 1.47 bits per heavy atom. The summed E-state index contributed by atoms with van der Waals surface area (Å²) in [4.78, 5) is 6.33. The number of rotatable bonds is 4. The molecule has 0 amide bonds. The molecule has 1 aromatic heterocycles. The highest BCUT2D eigenvalue weighted by atomic mass is 35.5. The van der Waals surface area contributed by atoms with Gasteiger partial charge in [-0.1, -0.05) is 6.07 Å². The highest BCUT2D eigenvalue weighted by Gasteiger charge is 2.06. The summed E-state index contributed by atoms with van der Waals surface area (Å²) < 4.78 is 13.1. The molecular formula is C12H12ClFN2S. The largest absolute Gasteiger partial charge is 0.368 e. The topological polar surface area (TPSA) is 16.1 Å². The van der Waals surface area contributed by atoms with Crippen LogP contribution in [0.5, 0.6) is 0 Å². The monoisotopic (exact) mass is 270 g/mol. The van der Waals surface area contributed by atoms with Crippen molar-refractivity contribution in [2.24, 2.45) is 0 Å². The van der Waals surface area contributed by atoms with Gasteiger partial charge in [-0.3, -0.25) is 0 Å². The lowest BCUT2D eigenvalue weighted by Gasteiger charge is -2.17. The van der Waals surface area contributed by atoms with Crippen molar-refractivity contribution in [3.63, 3.8) is 0 Å². The van der Waals surface area contributed by atoms with Gasteiger partial charge in [-0.15, -0.1) is 22.9 Å². The van der Waals surface area contributed by atoms with Crippen LogP contribution in [0, 0.1) is 5.82 Å². The molecule has 2 rings (SSSR count). The molecule has 0 radical (unpaired) electrons. The third kappa shape index (κ3) is 3.17. The summed E-state index contributed by atoms with van der Waals surface area (Å²) in [5.41, 5.74) is 1.73. The molecule has 17 heavy (non-hydrogen) atoms. The number of anilines is 1. The van der Waals surface area contributed by atoms with E-state index in [9.17, 15) is 4.39 Å². The molecule has 0 fully saturated rings. The van der Waals surface area contributed by atoms with Gasteiger partial charge < -0.3 is 4.90 Å². The molecule has 1 aromatic carbocycles. The SMILES string of the molecule is CN(Cc1nc(CCl)cs1)c1cccc(F)c1. The van der Waals surface area contributed by atoms with Gasteiger partial charge in [-0.25, -0.2) is 9.37 Å². The molecule has 0 aliphatic rings. The van der Waals surface area contributed by atoms with Crippen LogP contribution in [-0.2, 0) is 12.4 Å². The minimum absolute atomic E-state index is 0.227. The van der Waals surface area contributed by atoms with Gasteiger partial charge in [0, 0.05) is 18.1 Å². The Morgan fingerprint density at radius 3 is 2.94 bits per heavy atom. The van der Waals surface area contributed by atoms with E-state index in [1.165, 1.54) is 12.1 Å². The van der Waals surface area contributed by atoms with Gasteiger partial charge in [0.05, 0.1) is 18.1 Å². The molecule has 2 nitrogen and oxygen atoms in total. The maximum absolute atomic E-state index is 13.1. The zero-order chi connectivity index (χ0) is 12.3. The summed E-state index contributed by atoms with van der Waals surface area (Å²) in [6.45, 7) is 0.658. The Kier molecular flexibility index (Phi) is 3.97. The molecule has 1 heterocycles. The van der Waals surface area contributed by atoms with Crippen LogP contribution in [0.25, 0.3) is 0 Å². The first-order valence-corrected chi connectivity index (χ1v) is 6.56. The van der Waals surface area contributed by atoms with Gasteiger partial charge in [0.15, 0.2) is 0 Å². The molecule has 90 valence electrons. The van der Waals surface area contributed by atoms with Gasteiger partial charge in [-0.2, -0.15) is 0 Å². The molecule has 0 aliphatic heterocycles. The summed E-state index contributed by atoms with van der Waals surface area (Å²) in [5, 5.41) is 2.93. The van der Waals surface area contributed by atoms with Crippen molar-refractivity contribution < 1.29 is 4.39 Å². The minimum Gasteiger partial charge on any atom is -0.368 e. The minimum atomic E-state index is -0.227. The van der Waals surface area contributed by atoms with E-state index in [1.54, 1.807) is 17.4 Å². The van der Waals surface area contributed by atoms with E-state index >= 15 is 0 Å². The quantitative estimate of drug-likeness (QED) is 0.789. The highest BCUT2D eigenvalue weighted by molar-refractivity contribution is 7.09. The predicted octanol–water partition coefficient (Wildman–Crippen LogP) is 3.66. The van der Waals surface area contributed by atoms with E-state index < -0.39 is 0 Å². The van der Waals surface area contributed by atoms with E-state index in [-0.39, 0.29) is 5.82 Å². The highest BCUT2D eigenvalue weighted by Crippen LogP contribution is 2.19. The molecule has 0 N–H and O–H groups in total. The molecule has 0 bridgehead atoms. The van der Waals surface area contributed by atoms with E-state index in [0.29, 0.717) is 12.4 Å². The van der Waals surface area contributed by atoms with Crippen molar-refractivity contribution in [1.82, 2.24) is 4.98 Å². The van der Waals surface area contributed by atoms with Crippen molar-refractivity contribution in [2.75, 3.05) is 11.9 Å². The predicted molar refractivity (Wildman–Crippen MR) is 70.2 cm³/mol. The van der Waals surface area contributed by atoms with Crippen LogP contribution in [0.3, 0.4) is 0 Å². The van der Waals surface area contributed by atoms with Gasteiger partial charge in [0.2, 0.25) is 0 Å². The second kappa shape index (κ2) is 5.47. The number of hydrogen-bond acceptors (Lipinski definition) is 3. The first kappa shape index (κ1) is 12.3. The molecule has 0 atom stereocenters. The Labute approximate surface area is 109 Å². The fraction of sp³-hybridized carbons (Fsp3) is 0.250. The summed E-state index contributed by atoms with van der Waals surface area (Å²) >= 11 is 7.27. The lowest BCUT2D eigenvalue weighted by atomic mass is 10.3. The molecule has 5 heteroatoms. The second-order valence-electron chi connectivity index (χ2n) is 3.70. The molecule has 0 saturated carbocycles. The fourth-order valence-electron chi connectivity index (χ4n) is 1.49. The Hall–Kier alpha value is -1.13. The normalized spacial score (nSPS) is 10.5. The number of aromatic nitrogens is 1. The number of nitrogens with zero attached hydrogens (tertiary/aromatic N) is 2. The average Bonchev–Trinajstić information content (AvgIpc) is 2.77. The zero-order valence-corrected chi connectivity index (χ0v) is 10.9. The standard InChI is InChI=1S/C12H12ClFN2S/c1-16(11-4-2-3-9(14)5-11)7-12-15-10(6-13)8-17-12/h2-5,8H,6-7H2,1H3. The first-order valence-electron chi connectivity index (χ1n) is 5.15. The molecule has 0 spiro atoms. The average molecular weight is 271 g/mol. The van der Waals surface area contributed by atoms with Crippen LogP contribution in [-0.4, -0.2) is 12.0 Å². The molecule has 0 unspecified atom stereocenters. The third-order valence-corrected chi connectivity index (χ3v) is 3.51. The van der Waals surface area contributed by atoms with Crippen LogP contribution in [0.2, 0.25) is 0 Å². The zero-order valence-electron chi connectivity index (χ0n) is 9.36. The molecule has 0 saturated heterocycles. The second-order valence-corrected chi connectivity index (χ2v) is 4.91. The van der Waals surface area contributed by atoms with Crippen LogP contribution >= 0.6 is 22.9 Å². The summed E-state index contributed by atoms with van der Waals surface area (Å²) in [7, 11) is 1.91. The Bertz CT molecular complexity index is 501. The van der Waals surface area contributed by atoms with Crippen molar-refractivity contribution in [3.8, 4) is 0 Å². The van der Waals surface area contributed by atoms with Gasteiger partial charge in [0.1, 0.15) is 10.8 Å². The van der Waals surface area contributed by atoms with E-state index in [1.807, 2.05) is 23.4 Å². The van der Waals surface area contributed by atoms with Crippen molar-refractivity contribution in [3.05, 3.63) is 46.2 Å². The Morgan fingerprint density at radius 2 is 2.29 bits per heavy atom. The van der Waals surface area contributed by atoms with Crippen molar-refractivity contribution in [2.45, 2.75) is 12.4 Å². The Balaban J connectivity index is 2.08. The number of halogens is 2. The maximum atomic E-state index is 13.1. The number of alkyl halides is 1.